The van der Waals surface area contributed by atoms with Gasteiger partial charge in [-0.15, -0.1) is 0 Å². The van der Waals surface area contributed by atoms with Crippen LogP contribution in [-0.2, 0) is 6.42 Å². The van der Waals surface area contributed by atoms with Crippen LogP contribution >= 0.6 is 0 Å². The van der Waals surface area contributed by atoms with Crippen LogP contribution in [0, 0.1) is 6.92 Å². The predicted octanol–water partition coefficient (Wildman–Crippen LogP) is 6.00. The number of aryl methyl sites for hydroxylation is 2. The molecule has 0 fully saturated rings. The summed E-state index contributed by atoms with van der Waals surface area (Å²) < 4.78 is 7.82. The maximum Gasteiger partial charge on any atom is 0.308 e. The Bertz CT molecular complexity index is 968. The van der Waals surface area contributed by atoms with Gasteiger partial charge in [0, 0.05) is 18.2 Å². The van der Waals surface area contributed by atoms with Crippen LogP contribution in [0.25, 0.3) is 28.3 Å². The first kappa shape index (κ1) is 20.4. The van der Waals surface area contributed by atoms with Crippen LogP contribution in [0.3, 0.4) is 0 Å². The quantitative estimate of drug-likeness (QED) is 0.447. The molecule has 4 aromatic rings. The fourth-order valence-corrected chi connectivity index (χ4v) is 2.63. The predicted molar refractivity (Wildman–Crippen MR) is 111 cm³/mol. The third kappa shape index (κ3) is 4.25. The van der Waals surface area contributed by atoms with Crippen molar-refractivity contribution in [2.75, 3.05) is 0 Å². The number of pyridine rings is 1. The van der Waals surface area contributed by atoms with Crippen LogP contribution in [-0.4, -0.2) is 19.5 Å². The van der Waals surface area contributed by atoms with Gasteiger partial charge in [0.25, 0.3) is 0 Å². The number of hydrogen-bond acceptors (Lipinski definition) is 4. The molecule has 27 heavy (non-hydrogen) atoms. The van der Waals surface area contributed by atoms with Crippen molar-refractivity contribution in [2.24, 2.45) is 0 Å². The smallest absolute Gasteiger partial charge is 0.308 e. The molecule has 0 spiro atoms. The maximum absolute atomic E-state index is 5.99. The second-order valence-corrected chi connectivity index (χ2v) is 5.47. The molecule has 1 aromatic carbocycles. The Labute approximate surface area is 161 Å². The standard InChI is InChI=1S/C18H16N4O.2C2H6/c1-3-16-17(13-6-4-12(2)5-7-13)21-18(23-16)22-11-20-14-8-9-19-10-15(14)22;2*1-2/h4-11H,3H2,1-2H3;2*1-2H3. The largest absolute Gasteiger partial charge is 0.427 e. The Morgan fingerprint density at radius 1 is 1.00 bits per heavy atom. The molecular formula is C22H28N4O. The first-order valence-electron chi connectivity index (χ1n) is 9.60. The summed E-state index contributed by atoms with van der Waals surface area (Å²) in [6.07, 6.45) is 5.99. The van der Waals surface area contributed by atoms with E-state index in [1.165, 1.54) is 5.56 Å². The number of hydrogen-bond donors (Lipinski definition) is 0. The van der Waals surface area contributed by atoms with Crippen molar-refractivity contribution in [1.29, 1.82) is 0 Å². The third-order valence-electron chi connectivity index (χ3n) is 3.89. The Morgan fingerprint density at radius 2 is 1.70 bits per heavy atom. The summed E-state index contributed by atoms with van der Waals surface area (Å²) in [7, 11) is 0. The molecule has 0 N–H and O–H groups in total. The molecule has 5 nitrogen and oxygen atoms in total. The van der Waals surface area contributed by atoms with E-state index < -0.39 is 0 Å². The van der Waals surface area contributed by atoms with Crippen LogP contribution < -0.4 is 0 Å². The number of fused-ring (bicyclic) bond motifs is 1. The van der Waals surface area contributed by atoms with Gasteiger partial charge in [-0.05, 0) is 13.0 Å². The van der Waals surface area contributed by atoms with Crippen molar-refractivity contribution in [3.05, 3.63) is 60.4 Å². The summed E-state index contributed by atoms with van der Waals surface area (Å²) >= 11 is 0. The van der Waals surface area contributed by atoms with E-state index in [9.17, 15) is 0 Å². The van der Waals surface area contributed by atoms with Crippen molar-refractivity contribution in [1.82, 2.24) is 19.5 Å². The molecule has 0 saturated carbocycles. The molecule has 4 rings (SSSR count). The van der Waals surface area contributed by atoms with Gasteiger partial charge < -0.3 is 4.42 Å². The first-order valence-corrected chi connectivity index (χ1v) is 9.60. The first-order chi connectivity index (χ1) is 13.3. The lowest BCUT2D eigenvalue weighted by molar-refractivity contribution is 0.490. The monoisotopic (exact) mass is 364 g/mol. The minimum atomic E-state index is 0.521. The second kappa shape index (κ2) is 9.67. The van der Waals surface area contributed by atoms with Crippen LogP contribution in [0.5, 0.6) is 0 Å². The Hall–Kier alpha value is -2.95. The van der Waals surface area contributed by atoms with Gasteiger partial charge in [-0.2, -0.15) is 4.98 Å². The van der Waals surface area contributed by atoms with Crippen molar-refractivity contribution in [2.45, 2.75) is 48.0 Å². The van der Waals surface area contributed by atoms with E-state index in [1.807, 2.05) is 38.3 Å². The topological polar surface area (TPSA) is 56.7 Å². The molecule has 0 aliphatic heterocycles. The number of nitrogens with zero attached hydrogens (tertiary/aromatic N) is 4. The van der Waals surface area contributed by atoms with Gasteiger partial charge in [-0.1, -0.05) is 64.4 Å². The fraction of sp³-hybridized carbons (Fsp3) is 0.318. The summed E-state index contributed by atoms with van der Waals surface area (Å²) in [5.74, 6) is 0.870. The molecule has 0 amide bonds. The van der Waals surface area contributed by atoms with Crippen LogP contribution in [0.1, 0.15) is 45.9 Å². The van der Waals surface area contributed by atoms with E-state index in [1.54, 1.807) is 18.7 Å². The highest BCUT2D eigenvalue weighted by molar-refractivity contribution is 5.75. The molecule has 0 unspecified atom stereocenters. The highest BCUT2D eigenvalue weighted by atomic mass is 16.4. The van der Waals surface area contributed by atoms with Crippen LogP contribution in [0.2, 0.25) is 0 Å². The lowest BCUT2D eigenvalue weighted by atomic mass is 10.1. The average molecular weight is 364 g/mol. The zero-order valence-corrected chi connectivity index (χ0v) is 17.0. The highest BCUT2D eigenvalue weighted by Gasteiger charge is 2.16. The number of oxazole rings is 1. The van der Waals surface area contributed by atoms with Gasteiger partial charge in [-0.3, -0.25) is 9.55 Å². The van der Waals surface area contributed by atoms with Gasteiger partial charge in [0.15, 0.2) is 0 Å². The number of rotatable bonds is 3. The summed E-state index contributed by atoms with van der Waals surface area (Å²) in [6, 6.07) is 10.7. The second-order valence-electron chi connectivity index (χ2n) is 5.47. The summed E-state index contributed by atoms with van der Waals surface area (Å²) in [4.78, 5) is 13.2. The summed E-state index contributed by atoms with van der Waals surface area (Å²) in [5.41, 5.74) is 4.92. The molecule has 0 aliphatic rings. The lowest BCUT2D eigenvalue weighted by Gasteiger charge is -1.99. The molecule has 0 radical (unpaired) electrons. The van der Waals surface area contributed by atoms with Crippen molar-refractivity contribution in [3.63, 3.8) is 0 Å². The third-order valence-corrected chi connectivity index (χ3v) is 3.89. The van der Waals surface area contributed by atoms with E-state index in [4.69, 9.17) is 9.40 Å². The minimum Gasteiger partial charge on any atom is -0.427 e. The molecule has 0 bridgehead atoms. The molecular weight excluding hydrogens is 336 g/mol. The molecule has 142 valence electrons. The van der Waals surface area contributed by atoms with Gasteiger partial charge in [0.05, 0.1) is 17.2 Å². The molecule has 3 aromatic heterocycles. The van der Waals surface area contributed by atoms with Gasteiger partial charge in [0.2, 0.25) is 0 Å². The Balaban J connectivity index is 0.000000614. The lowest BCUT2D eigenvalue weighted by Crippen LogP contribution is -1.92. The summed E-state index contributed by atoms with van der Waals surface area (Å²) in [5, 5.41) is 0. The number of imidazole rings is 1. The zero-order chi connectivity index (χ0) is 19.8. The SMILES string of the molecule is CC.CC.CCc1oc(-n2cnc3ccncc32)nc1-c1ccc(C)cc1. The fourth-order valence-electron chi connectivity index (χ4n) is 2.63. The van der Waals surface area contributed by atoms with Gasteiger partial charge in [0.1, 0.15) is 17.8 Å². The number of benzene rings is 1. The Morgan fingerprint density at radius 3 is 2.37 bits per heavy atom. The number of aromatic nitrogens is 4. The molecule has 0 saturated heterocycles. The van der Waals surface area contributed by atoms with E-state index in [2.05, 4.69) is 48.1 Å². The minimum absolute atomic E-state index is 0.521. The van der Waals surface area contributed by atoms with Crippen LogP contribution in [0.15, 0.2) is 53.5 Å². The van der Waals surface area contributed by atoms with Gasteiger partial charge >= 0.3 is 6.01 Å². The van der Waals surface area contributed by atoms with Crippen molar-refractivity contribution in [3.8, 4) is 17.3 Å². The molecule has 0 aliphatic carbocycles. The molecule has 0 atom stereocenters. The van der Waals surface area contributed by atoms with E-state index in [0.29, 0.717) is 6.01 Å². The van der Waals surface area contributed by atoms with Crippen LogP contribution in [0.4, 0.5) is 0 Å². The van der Waals surface area contributed by atoms with E-state index in [0.717, 1.165) is 34.5 Å². The molecule has 3 heterocycles. The zero-order valence-electron chi connectivity index (χ0n) is 17.0. The highest BCUT2D eigenvalue weighted by Crippen LogP contribution is 2.27. The maximum atomic E-state index is 5.99. The van der Waals surface area contributed by atoms with Crippen molar-refractivity contribution >= 4 is 11.0 Å². The molecule has 5 heteroatoms. The average Bonchev–Trinajstić information content (AvgIpc) is 3.35. The van der Waals surface area contributed by atoms with E-state index >= 15 is 0 Å². The van der Waals surface area contributed by atoms with Crippen molar-refractivity contribution < 1.29 is 4.42 Å². The van der Waals surface area contributed by atoms with E-state index in [-0.39, 0.29) is 0 Å². The summed E-state index contributed by atoms with van der Waals surface area (Å²) in [6.45, 7) is 12.1. The van der Waals surface area contributed by atoms with Gasteiger partial charge in [-0.25, -0.2) is 4.98 Å². The normalized spacial score (nSPS) is 10.0. The Kier molecular flexibility index (Phi) is 7.29.